The van der Waals surface area contributed by atoms with Gasteiger partial charge in [-0.2, -0.15) is 0 Å². The van der Waals surface area contributed by atoms with E-state index in [-0.39, 0.29) is 0 Å². The van der Waals surface area contributed by atoms with E-state index >= 15 is 0 Å². The van der Waals surface area contributed by atoms with Gasteiger partial charge in [-0.1, -0.05) is 60.7 Å². The molecular weight excluding hydrogens is 252 g/mol. The fraction of sp³-hybridized carbons (Fsp3) is 0.235. The van der Waals surface area contributed by atoms with Crippen LogP contribution in [-0.2, 0) is 27.3 Å². The third-order valence-corrected chi connectivity index (χ3v) is 3.05. The van der Waals surface area contributed by atoms with Gasteiger partial charge in [0, 0.05) is 13.3 Å². The molecule has 0 spiro atoms. The summed E-state index contributed by atoms with van der Waals surface area (Å²) in [5.41, 5.74) is 2.10. The number of carbonyl (C=O) groups excluding carboxylic acids is 1. The fourth-order valence-electron chi connectivity index (χ4n) is 2.01. The highest BCUT2D eigenvalue weighted by Gasteiger charge is 2.27. The zero-order valence-corrected chi connectivity index (χ0v) is 11.5. The summed E-state index contributed by atoms with van der Waals surface area (Å²) < 4.78 is 11.0. The Morgan fingerprint density at radius 3 is 2.05 bits per heavy atom. The highest BCUT2D eigenvalue weighted by molar-refractivity contribution is 5.38. The number of rotatable bonds is 7. The second kappa shape index (κ2) is 6.87. The van der Waals surface area contributed by atoms with Crippen LogP contribution in [0.15, 0.2) is 60.7 Å². The third-order valence-electron chi connectivity index (χ3n) is 3.05. The van der Waals surface area contributed by atoms with Crippen LogP contribution < -0.4 is 0 Å². The van der Waals surface area contributed by atoms with Gasteiger partial charge < -0.3 is 9.47 Å². The molecule has 0 aliphatic rings. The van der Waals surface area contributed by atoms with Gasteiger partial charge in [0.2, 0.25) is 5.79 Å². The van der Waals surface area contributed by atoms with Crippen molar-refractivity contribution in [1.82, 2.24) is 0 Å². The minimum Gasteiger partial charge on any atom is -0.435 e. The Balaban J connectivity index is 2.03. The quantitative estimate of drug-likeness (QED) is 0.572. The van der Waals surface area contributed by atoms with Crippen molar-refractivity contribution < 1.29 is 14.3 Å². The second-order valence-electron chi connectivity index (χ2n) is 4.78. The Bertz CT molecular complexity index is 524. The monoisotopic (exact) mass is 270 g/mol. The van der Waals surface area contributed by atoms with E-state index in [0.29, 0.717) is 19.5 Å². The van der Waals surface area contributed by atoms with Crippen molar-refractivity contribution in [3.8, 4) is 0 Å². The zero-order chi connectivity index (χ0) is 14.3. The molecule has 1 atom stereocenters. The molecule has 2 aromatic rings. The molecule has 0 aliphatic heterocycles. The summed E-state index contributed by atoms with van der Waals surface area (Å²) in [4.78, 5) is 10.7. The Morgan fingerprint density at radius 1 is 0.950 bits per heavy atom. The Labute approximate surface area is 119 Å². The van der Waals surface area contributed by atoms with Crippen molar-refractivity contribution >= 4 is 6.47 Å². The minimum atomic E-state index is -0.959. The van der Waals surface area contributed by atoms with Gasteiger partial charge in [-0.25, -0.2) is 0 Å². The number of carbonyl (C=O) groups is 1. The van der Waals surface area contributed by atoms with Gasteiger partial charge in [-0.05, 0) is 11.1 Å². The van der Waals surface area contributed by atoms with Gasteiger partial charge in [-0.15, -0.1) is 0 Å². The maximum Gasteiger partial charge on any atom is 0.295 e. The van der Waals surface area contributed by atoms with E-state index in [1.165, 1.54) is 0 Å². The van der Waals surface area contributed by atoms with Crippen molar-refractivity contribution in [2.24, 2.45) is 0 Å². The maximum absolute atomic E-state index is 10.7. The number of ether oxygens (including phenoxy) is 2. The van der Waals surface area contributed by atoms with Crippen LogP contribution in [0.2, 0.25) is 0 Å². The Kier molecular flexibility index (Phi) is 4.91. The van der Waals surface area contributed by atoms with E-state index in [2.05, 4.69) is 0 Å². The van der Waals surface area contributed by atoms with Crippen LogP contribution >= 0.6 is 0 Å². The highest BCUT2D eigenvalue weighted by Crippen LogP contribution is 2.20. The van der Waals surface area contributed by atoms with E-state index < -0.39 is 5.79 Å². The lowest BCUT2D eigenvalue weighted by Crippen LogP contribution is -2.34. The summed E-state index contributed by atoms with van der Waals surface area (Å²) in [6.07, 6.45) is 0.513. The molecule has 0 saturated heterocycles. The molecule has 3 heteroatoms. The lowest BCUT2D eigenvalue weighted by Gasteiger charge is -2.28. The maximum atomic E-state index is 10.7. The molecule has 0 amide bonds. The van der Waals surface area contributed by atoms with E-state index in [0.717, 1.165) is 11.1 Å². The van der Waals surface area contributed by atoms with Crippen LogP contribution in [0, 0.1) is 0 Å². The smallest absolute Gasteiger partial charge is 0.295 e. The first kappa shape index (κ1) is 14.3. The predicted molar refractivity (Wildman–Crippen MR) is 76.9 cm³/mol. The molecule has 104 valence electrons. The first-order valence-corrected chi connectivity index (χ1v) is 6.55. The molecule has 3 nitrogen and oxygen atoms in total. The van der Waals surface area contributed by atoms with E-state index in [4.69, 9.17) is 9.47 Å². The Hall–Kier alpha value is -2.13. The fourth-order valence-corrected chi connectivity index (χ4v) is 2.01. The molecule has 20 heavy (non-hydrogen) atoms. The first-order valence-electron chi connectivity index (χ1n) is 6.55. The van der Waals surface area contributed by atoms with E-state index in [9.17, 15) is 4.79 Å². The molecule has 0 heterocycles. The van der Waals surface area contributed by atoms with Gasteiger partial charge in [-0.3, -0.25) is 4.79 Å². The normalized spacial score (nSPS) is 13.4. The van der Waals surface area contributed by atoms with Crippen molar-refractivity contribution in [3.05, 3.63) is 71.8 Å². The standard InChI is InChI=1S/C17H18O3/c1-17(20-14-18,12-15-8-4-2-5-9-15)19-13-16-10-6-3-7-11-16/h2-11,14H,12-13H2,1H3. The summed E-state index contributed by atoms with van der Waals surface area (Å²) in [6, 6.07) is 19.6. The summed E-state index contributed by atoms with van der Waals surface area (Å²) in [6.45, 7) is 2.61. The molecule has 0 bridgehead atoms. The molecule has 0 fully saturated rings. The predicted octanol–water partition coefficient (Wildman–Crippen LogP) is 3.34. The average molecular weight is 270 g/mol. The van der Waals surface area contributed by atoms with Crippen molar-refractivity contribution in [3.63, 3.8) is 0 Å². The van der Waals surface area contributed by atoms with Crippen LogP contribution in [0.3, 0.4) is 0 Å². The molecule has 0 aliphatic carbocycles. The number of hydrogen-bond donors (Lipinski definition) is 0. The number of hydrogen-bond acceptors (Lipinski definition) is 3. The molecule has 0 saturated carbocycles. The topological polar surface area (TPSA) is 35.5 Å². The molecule has 2 rings (SSSR count). The van der Waals surface area contributed by atoms with Crippen LogP contribution in [0.4, 0.5) is 0 Å². The zero-order valence-electron chi connectivity index (χ0n) is 11.5. The van der Waals surface area contributed by atoms with Crippen LogP contribution in [0.5, 0.6) is 0 Å². The Morgan fingerprint density at radius 2 is 1.50 bits per heavy atom. The van der Waals surface area contributed by atoms with Crippen molar-refractivity contribution in [2.45, 2.75) is 25.7 Å². The van der Waals surface area contributed by atoms with Crippen molar-refractivity contribution in [1.29, 1.82) is 0 Å². The molecule has 2 aromatic carbocycles. The average Bonchev–Trinajstić information content (AvgIpc) is 2.48. The number of benzene rings is 2. The molecule has 0 radical (unpaired) electrons. The molecule has 0 aromatic heterocycles. The molecular formula is C17H18O3. The lowest BCUT2D eigenvalue weighted by atomic mass is 10.1. The first-order chi connectivity index (χ1) is 9.72. The molecule has 0 N–H and O–H groups in total. The van der Waals surface area contributed by atoms with Gasteiger partial charge in [0.15, 0.2) is 0 Å². The summed E-state index contributed by atoms with van der Waals surface area (Å²) in [5.74, 6) is -0.959. The van der Waals surface area contributed by atoms with E-state index in [1.54, 1.807) is 6.92 Å². The van der Waals surface area contributed by atoms with E-state index in [1.807, 2.05) is 60.7 Å². The van der Waals surface area contributed by atoms with Crippen LogP contribution in [0.1, 0.15) is 18.1 Å². The third kappa shape index (κ3) is 4.21. The minimum absolute atomic E-state index is 0.401. The van der Waals surface area contributed by atoms with Gasteiger partial charge in [0.1, 0.15) is 0 Å². The lowest BCUT2D eigenvalue weighted by molar-refractivity contribution is -0.217. The van der Waals surface area contributed by atoms with Gasteiger partial charge >= 0.3 is 0 Å². The van der Waals surface area contributed by atoms with Gasteiger partial charge in [0.25, 0.3) is 6.47 Å². The van der Waals surface area contributed by atoms with Crippen molar-refractivity contribution in [2.75, 3.05) is 0 Å². The van der Waals surface area contributed by atoms with Gasteiger partial charge in [0.05, 0.1) is 6.61 Å². The van der Waals surface area contributed by atoms with Crippen LogP contribution in [0.25, 0.3) is 0 Å². The highest BCUT2D eigenvalue weighted by atomic mass is 16.7. The largest absolute Gasteiger partial charge is 0.435 e. The summed E-state index contributed by atoms with van der Waals surface area (Å²) >= 11 is 0. The second-order valence-corrected chi connectivity index (χ2v) is 4.78. The molecule has 1 unspecified atom stereocenters. The van der Waals surface area contributed by atoms with Crippen LogP contribution in [-0.4, -0.2) is 12.3 Å². The SMILES string of the molecule is CC(Cc1ccccc1)(OC=O)OCc1ccccc1. The summed E-state index contributed by atoms with van der Waals surface area (Å²) in [7, 11) is 0. The summed E-state index contributed by atoms with van der Waals surface area (Å²) in [5, 5.41) is 0.